The van der Waals surface area contributed by atoms with Gasteiger partial charge in [0.2, 0.25) is 0 Å². The summed E-state index contributed by atoms with van der Waals surface area (Å²) in [5.41, 5.74) is 1.88. The quantitative estimate of drug-likeness (QED) is 0.932. The number of rotatable bonds is 4. The van der Waals surface area contributed by atoms with Crippen molar-refractivity contribution in [2.24, 2.45) is 11.8 Å². The molecule has 2 fully saturated rings. The van der Waals surface area contributed by atoms with Gasteiger partial charge in [-0.3, -0.25) is 4.79 Å². The van der Waals surface area contributed by atoms with Crippen LogP contribution < -0.4 is 5.32 Å². The molecular weight excluding hydrogens is 314 g/mol. The number of benzene rings is 1. The molecule has 5 nitrogen and oxygen atoms in total. The van der Waals surface area contributed by atoms with Crippen LogP contribution >= 0.6 is 0 Å². The summed E-state index contributed by atoms with van der Waals surface area (Å²) >= 11 is 0. The molecule has 2 aliphatic rings. The zero-order chi connectivity index (χ0) is 17.2. The summed E-state index contributed by atoms with van der Waals surface area (Å²) in [6, 6.07) is 13.7. The maximum Gasteiger partial charge on any atom is 0.253 e. The third kappa shape index (κ3) is 3.37. The molecule has 0 bridgehead atoms. The molecule has 2 aromatic rings. The van der Waals surface area contributed by atoms with E-state index in [9.17, 15) is 4.79 Å². The van der Waals surface area contributed by atoms with Crippen LogP contribution in [0.3, 0.4) is 0 Å². The molecule has 1 amide bonds. The van der Waals surface area contributed by atoms with Crippen LogP contribution in [-0.2, 0) is 4.74 Å². The lowest BCUT2D eigenvalue weighted by Crippen LogP contribution is -2.32. The fourth-order valence-corrected chi connectivity index (χ4v) is 3.84. The number of likely N-dealkylation sites (tertiary alicyclic amines) is 1. The van der Waals surface area contributed by atoms with Crippen LogP contribution in [0, 0.1) is 18.8 Å². The number of amides is 1. The number of hydrogen-bond acceptors (Lipinski definition) is 4. The van der Waals surface area contributed by atoms with Crippen molar-refractivity contribution in [3.05, 3.63) is 59.8 Å². The highest BCUT2D eigenvalue weighted by atomic mass is 16.5. The van der Waals surface area contributed by atoms with Crippen molar-refractivity contribution in [3.63, 3.8) is 0 Å². The Labute approximate surface area is 148 Å². The molecule has 0 aliphatic carbocycles. The van der Waals surface area contributed by atoms with E-state index >= 15 is 0 Å². The zero-order valence-corrected chi connectivity index (χ0v) is 14.4. The van der Waals surface area contributed by atoms with Crippen molar-refractivity contribution in [3.8, 4) is 0 Å². The van der Waals surface area contributed by atoms with Gasteiger partial charge in [0, 0.05) is 43.2 Å². The lowest BCUT2D eigenvalue weighted by Gasteiger charge is -2.20. The Hall–Kier alpha value is -2.40. The predicted molar refractivity (Wildman–Crippen MR) is 96.5 cm³/mol. The Morgan fingerprint density at radius 1 is 1.28 bits per heavy atom. The number of carbonyl (C=O) groups excluding carboxylic acids is 1. The van der Waals surface area contributed by atoms with Crippen LogP contribution in [0.15, 0.2) is 48.7 Å². The highest BCUT2D eigenvalue weighted by Crippen LogP contribution is 2.34. The normalized spacial score (nSPS) is 25.0. The van der Waals surface area contributed by atoms with E-state index in [0.717, 1.165) is 36.6 Å². The minimum absolute atomic E-state index is 0.109. The Kier molecular flexibility index (Phi) is 4.40. The van der Waals surface area contributed by atoms with E-state index in [1.807, 2.05) is 54.3 Å². The SMILES string of the molecule is Cc1cccc(C(=O)N2C[C@H]3[C@@H](CNc4ccccn4)CO[C@H]3C2)c1. The van der Waals surface area contributed by atoms with Gasteiger partial charge in [-0.25, -0.2) is 4.98 Å². The average Bonchev–Trinajstić information content (AvgIpc) is 3.21. The van der Waals surface area contributed by atoms with Crippen molar-refractivity contribution in [1.82, 2.24) is 9.88 Å². The van der Waals surface area contributed by atoms with Crippen LogP contribution in [0.25, 0.3) is 0 Å². The minimum Gasteiger partial charge on any atom is -0.376 e. The van der Waals surface area contributed by atoms with Crippen LogP contribution in [0.1, 0.15) is 15.9 Å². The van der Waals surface area contributed by atoms with Gasteiger partial charge in [0.1, 0.15) is 5.82 Å². The van der Waals surface area contributed by atoms with Crippen molar-refractivity contribution < 1.29 is 9.53 Å². The molecular formula is C20H23N3O2. The van der Waals surface area contributed by atoms with Gasteiger partial charge in [-0.2, -0.15) is 0 Å². The number of aromatic nitrogens is 1. The summed E-state index contributed by atoms with van der Waals surface area (Å²) in [6.45, 7) is 5.05. The monoisotopic (exact) mass is 337 g/mol. The van der Waals surface area contributed by atoms with Gasteiger partial charge < -0.3 is 15.0 Å². The fourth-order valence-electron chi connectivity index (χ4n) is 3.84. The third-order valence-corrected chi connectivity index (χ3v) is 5.20. The molecule has 3 heterocycles. The summed E-state index contributed by atoms with van der Waals surface area (Å²) in [5, 5.41) is 3.39. The first-order valence-electron chi connectivity index (χ1n) is 8.83. The summed E-state index contributed by atoms with van der Waals surface area (Å²) in [5.74, 6) is 1.79. The average molecular weight is 337 g/mol. The van der Waals surface area contributed by atoms with Gasteiger partial charge in [0.25, 0.3) is 5.91 Å². The predicted octanol–water partition coefficient (Wildman–Crippen LogP) is 2.59. The Bertz CT molecular complexity index is 750. The summed E-state index contributed by atoms with van der Waals surface area (Å²) in [4.78, 5) is 19.0. The molecule has 0 saturated carbocycles. The molecule has 2 saturated heterocycles. The molecule has 1 N–H and O–H groups in total. The van der Waals surface area contributed by atoms with Gasteiger partial charge in [0.15, 0.2) is 0 Å². The number of fused-ring (bicyclic) bond motifs is 1. The first-order chi connectivity index (χ1) is 12.2. The van der Waals surface area contributed by atoms with Gasteiger partial charge in [0.05, 0.1) is 12.7 Å². The van der Waals surface area contributed by atoms with E-state index in [1.165, 1.54) is 0 Å². The fraction of sp³-hybridized carbons (Fsp3) is 0.400. The lowest BCUT2D eigenvalue weighted by atomic mass is 9.93. The number of aryl methyl sites for hydroxylation is 1. The minimum atomic E-state index is 0.109. The third-order valence-electron chi connectivity index (χ3n) is 5.20. The van der Waals surface area contributed by atoms with E-state index in [4.69, 9.17) is 4.74 Å². The van der Waals surface area contributed by atoms with Crippen LogP contribution in [0.2, 0.25) is 0 Å². The zero-order valence-electron chi connectivity index (χ0n) is 14.4. The molecule has 4 rings (SSSR count). The first-order valence-corrected chi connectivity index (χ1v) is 8.83. The summed E-state index contributed by atoms with van der Waals surface area (Å²) < 4.78 is 5.96. The summed E-state index contributed by atoms with van der Waals surface area (Å²) in [6.07, 6.45) is 1.94. The van der Waals surface area contributed by atoms with Crippen LogP contribution in [0.4, 0.5) is 5.82 Å². The number of nitrogens with zero attached hydrogens (tertiary/aromatic N) is 2. The molecule has 1 aromatic carbocycles. The van der Waals surface area contributed by atoms with Crippen molar-refractivity contribution in [2.75, 3.05) is 31.6 Å². The molecule has 3 atom stereocenters. The number of carbonyl (C=O) groups is 1. The number of ether oxygens (including phenoxy) is 1. The molecule has 5 heteroatoms. The topological polar surface area (TPSA) is 54.5 Å². The Morgan fingerprint density at radius 2 is 2.20 bits per heavy atom. The number of nitrogens with one attached hydrogen (secondary N) is 1. The second kappa shape index (κ2) is 6.84. The second-order valence-corrected chi connectivity index (χ2v) is 6.97. The Balaban J connectivity index is 1.38. The number of anilines is 1. The smallest absolute Gasteiger partial charge is 0.253 e. The first kappa shape index (κ1) is 16.1. The van der Waals surface area contributed by atoms with Crippen LogP contribution in [0.5, 0.6) is 0 Å². The van der Waals surface area contributed by atoms with E-state index in [0.29, 0.717) is 18.4 Å². The highest BCUT2D eigenvalue weighted by Gasteiger charge is 2.45. The maximum absolute atomic E-state index is 12.8. The molecule has 0 spiro atoms. The van der Waals surface area contributed by atoms with E-state index in [1.54, 1.807) is 6.20 Å². The van der Waals surface area contributed by atoms with E-state index in [2.05, 4.69) is 10.3 Å². The van der Waals surface area contributed by atoms with Crippen molar-refractivity contribution in [1.29, 1.82) is 0 Å². The number of pyridine rings is 1. The summed E-state index contributed by atoms with van der Waals surface area (Å²) in [7, 11) is 0. The van der Waals surface area contributed by atoms with Gasteiger partial charge in [-0.05, 0) is 31.2 Å². The van der Waals surface area contributed by atoms with Gasteiger partial charge in [-0.1, -0.05) is 23.8 Å². The standard InChI is InChI=1S/C20H23N3O2/c1-14-5-4-6-15(9-14)20(24)23-11-17-16(13-25-18(17)12-23)10-22-19-7-2-3-8-21-19/h2-9,16-18H,10-13H2,1H3,(H,21,22)/t16-,17-,18-/m0/s1. The van der Waals surface area contributed by atoms with E-state index < -0.39 is 0 Å². The molecule has 25 heavy (non-hydrogen) atoms. The maximum atomic E-state index is 12.8. The van der Waals surface area contributed by atoms with Crippen molar-refractivity contribution >= 4 is 11.7 Å². The largest absolute Gasteiger partial charge is 0.376 e. The molecule has 0 unspecified atom stereocenters. The molecule has 0 radical (unpaired) electrons. The highest BCUT2D eigenvalue weighted by molar-refractivity contribution is 5.94. The van der Waals surface area contributed by atoms with Crippen LogP contribution in [-0.4, -0.2) is 48.1 Å². The Morgan fingerprint density at radius 3 is 3.00 bits per heavy atom. The second-order valence-electron chi connectivity index (χ2n) is 6.97. The van der Waals surface area contributed by atoms with Crippen molar-refractivity contribution in [2.45, 2.75) is 13.0 Å². The van der Waals surface area contributed by atoms with E-state index in [-0.39, 0.29) is 12.0 Å². The lowest BCUT2D eigenvalue weighted by molar-refractivity contribution is 0.0680. The molecule has 2 aliphatic heterocycles. The van der Waals surface area contributed by atoms with Gasteiger partial charge >= 0.3 is 0 Å². The van der Waals surface area contributed by atoms with Gasteiger partial charge in [-0.15, -0.1) is 0 Å². The molecule has 1 aromatic heterocycles. The molecule has 130 valence electrons. The number of hydrogen-bond donors (Lipinski definition) is 1.